The van der Waals surface area contributed by atoms with Crippen molar-refractivity contribution in [1.82, 2.24) is 0 Å². The van der Waals surface area contributed by atoms with Crippen molar-refractivity contribution in [2.24, 2.45) is 5.92 Å². The third kappa shape index (κ3) is 4.88. The summed E-state index contributed by atoms with van der Waals surface area (Å²) in [5.41, 5.74) is 2.03. The van der Waals surface area contributed by atoms with E-state index in [1.807, 2.05) is 31.2 Å². The Morgan fingerprint density at radius 3 is 2.80 bits per heavy atom. The summed E-state index contributed by atoms with van der Waals surface area (Å²) in [6, 6.07) is 7.82. The number of thioether (sulfide) groups is 1. The fraction of sp³-hybridized carbons (Fsp3) is 0.417. The molecule has 1 rings (SSSR count). The smallest absolute Gasteiger partial charge is 0.283 e. The first kappa shape index (κ1) is 12.1. The molecule has 2 nitrogen and oxygen atoms in total. The molecule has 0 aromatic heterocycles. The third-order valence-corrected chi connectivity index (χ3v) is 3.01. The van der Waals surface area contributed by atoms with Crippen LogP contribution in [0.15, 0.2) is 24.3 Å². The minimum Gasteiger partial charge on any atom is -0.317 e. The summed E-state index contributed by atoms with van der Waals surface area (Å²) in [5, 5.41) is 2.88. The molecule has 1 N–H and O–H groups in total. The number of anilines is 1. The Hall–Kier alpha value is -0.960. The Morgan fingerprint density at radius 1 is 1.47 bits per heavy atom. The topological polar surface area (TPSA) is 29.1 Å². The zero-order valence-electron chi connectivity index (χ0n) is 9.41. The fourth-order valence-corrected chi connectivity index (χ4v) is 1.79. The SMILES string of the molecule is Cc1cccc(NC(=O)SCC(C)C)c1. The van der Waals surface area contributed by atoms with Crippen LogP contribution in [-0.4, -0.2) is 11.0 Å². The monoisotopic (exact) mass is 223 g/mol. The first-order valence-corrected chi connectivity index (χ1v) is 6.07. The molecule has 0 fully saturated rings. The second-order valence-electron chi connectivity index (χ2n) is 3.99. The van der Waals surface area contributed by atoms with Gasteiger partial charge in [-0.1, -0.05) is 37.7 Å². The predicted octanol–water partition coefficient (Wildman–Crippen LogP) is 3.92. The maximum Gasteiger partial charge on any atom is 0.283 e. The second-order valence-corrected chi connectivity index (χ2v) is 4.98. The van der Waals surface area contributed by atoms with E-state index in [9.17, 15) is 4.79 Å². The average Bonchev–Trinajstić information content (AvgIpc) is 2.15. The van der Waals surface area contributed by atoms with Crippen LogP contribution in [-0.2, 0) is 0 Å². The maximum atomic E-state index is 11.5. The van der Waals surface area contributed by atoms with Crippen LogP contribution in [0.1, 0.15) is 19.4 Å². The first-order valence-electron chi connectivity index (χ1n) is 5.08. The molecule has 1 aromatic rings. The van der Waals surface area contributed by atoms with Crippen LogP contribution in [0.3, 0.4) is 0 Å². The van der Waals surface area contributed by atoms with Crippen LogP contribution in [0.25, 0.3) is 0 Å². The molecule has 0 aliphatic carbocycles. The molecule has 0 bridgehead atoms. The minimum absolute atomic E-state index is 0.0225. The number of carbonyl (C=O) groups is 1. The molecule has 3 heteroatoms. The summed E-state index contributed by atoms with van der Waals surface area (Å²) in [4.78, 5) is 11.5. The number of nitrogens with one attached hydrogen (secondary N) is 1. The highest BCUT2D eigenvalue weighted by Gasteiger charge is 2.04. The Labute approximate surface area is 95.5 Å². The molecule has 0 radical (unpaired) electrons. The lowest BCUT2D eigenvalue weighted by atomic mass is 10.2. The summed E-state index contributed by atoms with van der Waals surface area (Å²) < 4.78 is 0. The molecule has 0 aliphatic rings. The van der Waals surface area contributed by atoms with Crippen molar-refractivity contribution >= 4 is 22.7 Å². The zero-order valence-corrected chi connectivity index (χ0v) is 10.2. The van der Waals surface area contributed by atoms with Crippen molar-refractivity contribution in [2.75, 3.05) is 11.1 Å². The van der Waals surface area contributed by atoms with Gasteiger partial charge >= 0.3 is 0 Å². The van der Waals surface area contributed by atoms with E-state index < -0.39 is 0 Å². The van der Waals surface area contributed by atoms with Crippen LogP contribution in [0.4, 0.5) is 10.5 Å². The van der Waals surface area contributed by atoms with Crippen molar-refractivity contribution in [3.8, 4) is 0 Å². The van der Waals surface area contributed by atoms with Crippen molar-refractivity contribution in [1.29, 1.82) is 0 Å². The van der Waals surface area contributed by atoms with Gasteiger partial charge in [0.2, 0.25) is 0 Å². The van der Waals surface area contributed by atoms with Gasteiger partial charge in [0.1, 0.15) is 0 Å². The predicted molar refractivity (Wildman–Crippen MR) is 67.5 cm³/mol. The Morgan fingerprint density at radius 2 is 2.20 bits per heavy atom. The van der Waals surface area contributed by atoms with E-state index in [4.69, 9.17) is 0 Å². The van der Waals surface area contributed by atoms with E-state index in [-0.39, 0.29) is 5.24 Å². The van der Waals surface area contributed by atoms with Gasteiger partial charge < -0.3 is 5.32 Å². The lowest BCUT2D eigenvalue weighted by molar-refractivity contribution is 0.269. The van der Waals surface area contributed by atoms with Crippen LogP contribution in [0.2, 0.25) is 0 Å². The Balaban J connectivity index is 2.44. The molecule has 0 saturated carbocycles. The average molecular weight is 223 g/mol. The lowest BCUT2D eigenvalue weighted by Crippen LogP contribution is -2.07. The number of carbonyl (C=O) groups excluding carboxylic acids is 1. The Kier molecular flexibility index (Phi) is 4.69. The van der Waals surface area contributed by atoms with E-state index in [0.717, 1.165) is 17.0 Å². The van der Waals surface area contributed by atoms with Gasteiger partial charge in [0.15, 0.2) is 0 Å². The Bertz CT molecular complexity index is 336. The maximum absolute atomic E-state index is 11.5. The highest BCUT2D eigenvalue weighted by atomic mass is 32.2. The molecule has 0 heterocycles. The lowest BCUT2D eigenvalue weighted by Gasteiger charge is -2.06. The van der Waals surface area contributed by atoms with E-state index in [2.05, 4.69) is 19.2 Å². The van der Waals surface area contributed by atoms with Gasteiger partial charge in [-0.15, -0.1) is 0 Å². The zero-order chi connectivity index (χ0) is 11.3. The van der Waals surface area contributed by atoms with Gasteiger partial charge in [0.05, 0.1) is 0 Å². The van der Waals surface area contributed by atoms with Gasteiger partial charge in [-0.2, -0.15) is 0 Å². The first-order chi connectivity index (χ1) is 7.08. The van der Waals surface area contributed by atoms with E-state index in [1.165, 1.54) is 11.8 Å². The van der Waals surface area contributed by atoms with E-state index in [0.29, 0.717) is 5.92 Å². The van der Waals surface area contributed by atoms with Crippen molar-refractivity contribution in [2.45, 2.75) is 20.8 Å². The van der Waals surface area contributed by atoms with Crippen LogP contribution in [0, 0.1) is 12.8 Å². The van der Waals surface area contributed by atoms with Crippen molar-refractivity contribution < 1.29 is 4.79 Å². The third-order valence-electron chi connectivity index (χ3n) is 1.81. The highest BCUT2D eigenvalue weighted by molar-refractivity contribution is 8.13. The van der Waals surface area contributed by atoms with E-state index in [1.54, 1.807) is 0 Å². The fourth-order valence-electron chi connectivity index (χ4n) is 1.12. The minimum atomic E-state index is 0.0225. The summed E-state index contributed by atoms with van der Waals surface area (Å²) in [5.74, 6) is 1.40. The molecule has 0 aliphatic heterocycles. The largest absolute Gasteiger partial charge is 0.317 e. The molecule has 82 valence electrons. The van der Waals surface area contributed by atoms with Gasteiger partial charge in [0, 0.05) is 11.4 Å². The summed E-state index contributed by atoms with van der Waals surface area (Å²) in [6.07, 6.45) is 0. The molecule has 1 aromatic carbocycles. The van der Waals surface area contributed by atoms with E-state index >= 15 is 0 Å². The summed E-state index contributed by atoms with van der Waals surface area (Å²) in [7, 11) is 0. The standard InChI is InChI=1S/C12H17NOS/c1-9(2)8-15-12(14)13-11-6-4-5-10(3)7-11/h4-7,9H,8H2,1-3H3,(H,13,14). The van der Waals surface area contributed by atoms with Crippen molar-refractivity contribution in [3.63, 3.8) is 0 Å². The molecule has 0 unspecified atom stereocenters. The second kappa shape index (κ2) is 5.81. The molecule has 0 saturated heterocycles. The molecule has 1 amide bonds. The van der Waals surface area contributed by atoms with Gasteiger partial charge in [-0.3, -0.25) is 4.79 Å². The molecule has 0 atom stereocenters. The number of hydrogen-bond acceptors (Lipinski definition) is 2. The summed E-state index contributed by atoms with van der Waals surface area (Å²) >= 11 is 1.34. The number of benzene rings is 1. The van der Waals surface area contributed by atoms with Crippen LogP contribution < -0.4 is 5.32 Å². The van der Waals surface area contributed by atoms with Gasteiger partial charge in [-0.25, -0.2) is 0 Å². The van der Waals surface area contributed by atoms with Crippen LogP contribution in [0.5, 0.6) is 0 Å². The van der Waals surface area contributed by atoms with Gasteiger partial charge in [-0.05, 0) is 30.5 Å². The van der Waals surface area contributed by atoms with Gasteiger partial charge in [0.25, 0.3) is 5.24 Å². The normalized spacial score (nSPS) is 10.4. The number of hydrogen-bond donors (Lipinski definition) is 1. The molecular formula is C12H17NOS. The molecule has 0 spiro atoms. The number of rotatable bonds is 3. The van der Waals surface area contributed by atoms with Crippen LogP contribution >= 0.6 is 11.8 Å². The number of aryl methyl sites for hydroxylation is 1. The quantitative estimate of drug-likeness (QED) is 0.841. The highest BCUT2D eigenvalue weighted by Crippen LogP contribution is 2.14. The summed E-state index contributed by atoms with van der Waals surface area (Å²) in [6.45, 7) is 6.22. The molecule has 15 heavy (non-hydrogen) atoms. The molecular weight excluding hydrogens is 206 g/mol. The number of amides is 1. The van der Waals surface area contributed by atoms with Crippen molar-refractivity contribution in [3.05, 3.63) is 29.8 Å².